The van der Waals surface area contributed by atoms with Crippen LogP contribution in [0.4, 0.5) is 0 Å². The maximum absolute atomic E-state index is 10.5. The number of aromatic nitrogens is 2. The Morgan fingerprint density at radius 2 is 2.29 bits per heavy atom. The fraction of sp³-hybridized carbons (Fsp3) is 0.100. The van der Waals surface area contributed by atoms with Crippen molar-refractivity contribution in [3.8, 4) is 11.4 Å². The molecule has 4 nitrogen and oxygen atoms in total. The Labute approximate surface area is 80.6 Å². The van der Waals surface area contributed by atoms with Gasteiger partial charge in [0.25, 0.3) is 0 Å². The third-order valence-corrected chi connectivity index (χ3v) is 1.99. The van der Waals surface area contributed by atoms with Gasteiger partial charge in [-0.3, -0.25) is 4.79 Å². The monoisotopic (exact) mass is 188 g/mol. The maximum Gasteiger partial charge on any atom is 0.214 e. The van der Waals surface area contributed by atoms with E-state index in [4.69, 9.17) is 0 Å². The van der Waals surface area contributed by atoms with Crippen molar-refractivity contribution in [1.29, 1.82) is 0 Å². The van der Waals surface area contributed by atoms with Crippen LogP contribution in [0.2, 0.25) is 0 Å². The standard InChI is InChI=1S/C10H8N2O2/c1-7-4-8(5-13)2-3-9(7)10-11-6-14-12-10/h2-6H,1H3. The molecule has 0 radical (unpaired) electrons. The van der Waals surface area contributed by atoms with Crippen molar-refractivity contribution < 1.29 is 9.32 Å². The summed E-state index contributed by atoms with van der Waals surface area (Å²) in [6.07, 6.45) is 2.09. The van der Waals surface area contributed by atoms with Gasteiger partial charge in [-0.2, -0.15) is 4.98 Å². The molecule has 0 spiro atoms. The van der Waals surface area contributed by atoms with Gasteiger partial charge in [0.05, 0.1) is 0 Å². The van der Waals surface area contributed by atoms with Crippen molar-refractivity contribution in [3.63, 3.8) is 0 Å². The van der Waals surface area contributed by atoms with Crippen molar-refractivity contribution in [2.45, 2.75) is 6.92 Å². The molecule has 0 saturated carbocycles. The highest BCUT2D eigenvalue weighted by atomic mass is 16.5. The van der Waals surface area contributed by atoms with Crippen LogP contribution >= 0.6 is 0 Å². The Balaban J connectivity index is 2.51. The Morgan fingerprint density at radius 3 is 2.86 bits per heavy atom. The zero-order chi connectivity index (χ0) is 9.97. The molecule has 0 unspecified atom stereocenters. The summed E-state index contributed by atoms with van der Waals surface area (Å²) in [6.45, 7) is 1.90. The van der Waals surface area contributed by atoms with E-state index in [9.17, 15) is 4.79 Å². The number of rotatable bonds is 2. The number of carbonyl (C=O) groups excluding carboxylic acids is 1. The molecular formula is C10H8N2O2. The van der Waals surface area contributed by atoms with Crippen molar-refractivity contribution in [3.05, 3.63) is 35.7 Å². The molecule has 1 heterocycles. The van der Waals surface area contributed by atoms with Crippen LogP contribution in [0.3, 0.4) is 0 Å². The van der Waals surface area contributed by atoms with E-state index < -0.39 is 0 Å². The Hall–Kier alpha value is -1.97. The van der Waals surface area contributed by atoms with Crippen LogP contribution in [0.1, 0.15) is 15.9 Å². The number of benzene rings is 1. The predicted molar refractivity (Wildman–Crippen MR) is 49.9 cm³/mol. The van der Waals surface area contributed by atoms with Gasteiger partial charge < -0.3 is 4.52 Å². The molecule has 0 bridgehead atoms. The third-order valence-electron chi connectivity index (χ3n) is 1.99. The average Bonchev–Trinajstić information content (AvgIpc) is 2.70. The SMILES string of the molecule is Cc1cc(C=O)ccc1-c1ncon1. The summed E-state index contributed by atoms with van der Waals surface area (Å²) in [5.41, 5.74) is 2.48. The second kappa shape index (κ2) is 3.41. The van der Waals surface area contributed by atoms with Crippen LogP contribution in [-0.2, 0) is 0 Å². The Kier molecular flexibility index (Phi) is 2.10. The van der Waals surface area contributed by atoms with E-state index in [1.807, 2.05) is 13.0 Å². The van der Waals surface area contributed by atoms with Crippen molar-refractivity contribution in [1.82, 2.24) is 10.1 Å². The van der Waals surface area contributed by atoms with Gasteiger partial charge in [0.1, 0.15) is 6.29 Å². The van der Waals surface area contributed by atoms with Gasteiger partial charge >= 0.3 is 0 Å². The molecule has 2 rings (SSSR count). The number of carbonyl (C=O) groups is 1. The second-order valence-corrected chi connectivity index (χ2v) is 2.95. The first-order valence-electron chi connectivity index (χ1n) is 4.14. The summed E-state index contributed by atoms with van der Waals surface area (Å²) in [4.78, 5) is 14.4. The molecule has 1 aromatic carbocycles. The zero-order valence-electron chi connectivity index (χ0n) is 7.60. The molecule has 0 aliphatic carbocycles. The molecule has 0 amide bonds. The minimum absolute atomic E-state index is 0.542. The molecule has 0 aliphatic rings. The summed E-state index contributed by atoms with van der Waals surface area (Å²) in [5, 5.41) is 3.73. The highest BCUT2D eigenvalue weighted by Crippen LogP contribution is 2.19. The van der Waals surface area contributed by atoms with Gasteiger partial charge in [0, 0.05) is 11.1 Å². The van der Waals surface area contributed by atoms with E-state index in [2.05, 4.69) is 14.7 Å². The first kappa shape index (κ1) is 8.62. The molecule has 0 atom stereocenters. The lowest BCUT2D eigenvalue weighted by Crippen LogP contribution is -1.88. The van der Waals surface area contributed by atoms with Crippen molar-refractivity contribution in [2.24, 2.45) is 0 Å². The summed E-state index contributed by atoms with van der Waals surface area (Å²) >= 11 is 0. The Morgan fingerprint density at radius 1 is 1.43 bits per heavy atom. The van der Waals surface area contributed by atoms with Crippen LogP contribution in [0.5, 0.6) is 0 Å². The lowest BCUT2D eigenvalue weighted by molar-refractivity contribution is 0.112. The van der Waals surface area contributed by atoms with Gasteiger partial charge in [-0.15, -0.1) is 0 Å². The molecule has 0 fully saturated rings. The van der Waals surface area contributed by atoms with E-state index in [1.54, 1.807) is 12.1 Å². The van der Waals surface area contributed by atoms with Crippen LogP contribution in [0.25, 0.3) is 11.4 Å². The highest BCUT2D eigenvalue weighted by molar-refractivity contribution is 5.77. The van der Waals surface area contributed by atoms with Gasteiger partial charge in [0.2, 0.25) is 12.2 Å². The van der Waals surface area contributed by atoms with E-state index in [0.717, 1.165) is 17.4 Å². The van der Waals surface area contributed by atoms with Gasteiger partial charge in [-0.1, -0.05) is 17.3 Å². The molecule has 0 N–H and O–H groups in total. The van der Waals surface area contributed by atoms with E-state index in [1.165, 1.54) is 6.39 Å². The van der Waals surface area contributed by atoms with Crippen LogP contribution < -0.4 is 0 Å². The number of aryl methyl sites for hydroxylation is 1. The molecule has 2 aromatic rings. The van der Waals surface area contributed by atoms with Gasteiger partial charge in [-0.05, 0) is 18.6 Å². The smallest absolute Gasteiger partial charge is 0.214 e. The van der Waals surface area contributed by atoms with Crippen LogP contribution in [0.15, 0.2) is 29.1 Å². The van der Waals surface area contributed by atoms with Crippen molar-refractivity contribution >= 4 is 6.29 Å². The molecule has 0 saturated heterocycles. The van der Waals surface area contributed by atoms with Crippen molar-refractivity contribution in [2.75, 3.05) is 0 Å². The molecule has 1 aromatic heterocycles. The predicted octanol–water partition coefficient (Wildman–Crippen LogP) is 1.86. The van der Waals surface area contributed by atoms with Crippen LogP contribution in [0, 0.1) is 6.92 Å². The molecule has 0 aliphatic heterocycles. The average molecular weight is 188 g/mol. The third kappa shape index (κ3) is 1.42. The van der Waals surface area contributed by atoms with Gasteiger partial charge in [0.15, 0.2) is 0 Å². The number of hydrogen-bond acceptors (Lipinski definition) is 4. The minimum Gasteiger partial charge on any atom is -0.342 e. The summed E-state index contributed by atoms with van der Waals surface area (Å²) in [6, 6.07) is 5.33. The highest BCUT2D eigenvalue weighted by Gasteiger charge is 2.06. The summed E-state index contributed by atoms with van der Waals surface area (Å²) in [7, 11) is 0. The first-order chi connectivity index (χ1) is 6.81. The number of aldehydes is 1. The summed E-state index contributed by atoms with van der Waals surface area (Å²) < 4.78 is 4.65. The minimum atomic E-state index is 0.542. The van der Waals surface area contributed by atoms with E-state index in [0.29, 0.717) is 11.4 Å². The summed E-state index contributed by atoms with van der Waals surface area (Å²) in [5.74, 6) is 0.542. The fourth-order valence-corrected chi connectivity index (χ4v) is 1.30. The second-order valence-electron chi connectivity index (χ2n) is 2.95. The largest absolute Gasteiger partial charge is 0.342 e. The maximum atomic E-state index is 10.5. The number of hydrogen-bond donors (Lipinski definition) is 0. The lowest BCUT2D eigenvalue weighted by Gasteiger charge is -2.00. The topological polar surface area (TPSA) is 56.0 Å². The van der Waals surface area contributed by atoms with Crippen LogP contribution in [-0.4, -0.2) is 16.4 Å². The normalized spacial score (nSPS) is 10.1. The quantitative estimate of drug-likeness (QED) is 0.675. The number of nitrogens with zero attached hydrogens (tertiary/aromatic N) is 2. The molecule has 4 heteroatoms. The van der Waals surface area contributed by atoms with E-state index in [-0.39, 0.29) is 0 Å². The first-order valence-corrected chi connectivity index (χ1v) is 4.14. The fourth-order valence-electron chi connectivity index (χ4n) is 1.30. The van der Waals surface area contributed by atoms with Gasteiger partial charge in [-0.25, -0.2) is 0 Å². The Bertz CT molecular complexity index is 449. The van der Waals surface area contributed by atoms with E-state index >= 15 is 0 Å². The lowest BCUT2D eigenvalue weighted by atomic mass is 10.1. The molecule has 70 valence electrons. The zero-order valence-corrected chi connectivity index (χ0v) is 7.60. The molecular weight excluding hydrogens is 180 g/mol. The molecule has 14 heavy (non-hydrogen) atoms.